The Morgan fingerprint density at radius 2 is 1.87 bits per heavy atom. The first-order valence-corrected chi connectivity index (χ1v) is 12.5. The first kappa shape index (κ1) is 22.3. The summed E-state index contributed by atoms with van der Waals surface area (Å²) < 4.78 is 0. The van der Waals surface area contributed by atoms with E-state index in [1.807, 2.05) is 6.21 Å². The number of fused-ring (bicyclic) bond motifs is 5. The van der Waals surface area contributed by atoms with Gasteiger partial charge in [0.05, 0.1) is 17.9 Å². The third-order valence-corrected chi connectivity index (χ3v) is 9.99. The second-order valence-corrected chi connectivity index (χ2v) is 11.4. The molecular formula is C26H43NO3. The van der Waals surface area contributed by atoms with Crippen molar-refractivity contribution in [1.29, 1.82) is 0 Å². The Hall–Kier alpha value is -0.870. The maximum Gasteiger partial charge on any atom is 0.116 e. The van der Waals surface area contributed by atoms with E-state index in [0.29, 0.717) is 35.7 Å². The lowest BCUT2D eigenvalue weighted by Gasteiger charge is -2.63. The van der Waals surface area contributed by atoms with Crippen molar-refractivity contribution < 1.29 is 15.1 Å². The molecule has 4 fully saturated rings. The lowest BCUT2D eigenvalue weighted by molar-refractivity contribution is -0.207. The van der Waals surface area contributed by atoms with Gasteiger partial charge in [-0.15, -0.1) is 0 Å². The van der Waals surface area contributed by atoms with Gasteiger partial charge in [0.2, 0.25) is 0 Å². The summed E-state index contributed by atoms with van der Waals surface area (Å²) in [5.41, 5.74) is 0.828. The predicted molar refractivity (Wildman–Crippen MR) is 121 cm³/mol. The second kappa shape index (κ2) is 8.24. The summed E-state index contributed by atoms with van der Waals surface area (Å²) in [7, 11) is 0. The Morgan fingerprint density at radius 1 is 1.07 bits per heavy atom. The van der Waals surface area contributed by atoms with Crippen LogP contribution in [0.2, 0.25) is 0 Å². The second-order valence-electron chi connectivity index (χ2n) is 11.4. The summed E-state index contributed by atoms with van der Waals surface area (Å²) in [5.74, 6) is 2.05. The molecule has 4 aliphatic carbocycles. The van der Waals surface area contributed by atoms with Crippen molar-refractivity contribution in [2.24, 2.45) is 39.7 Å². The molecule has 0 aromatic rings. The molecule has 8 atom stereocenters. The summed E-state index contributed by atoms with van der Waals surface area (Å²) in [6.07, 6.45) is 14.7. The van der Waals surface area contributed by atoms with Crippen LogP contribution in [0.5, 0.6) is 0 Å². The van der Waals surface area contributed by atoms with Gasteiger partial charge in [0, 0.05) is 5.41 Å². The van der Waals surface area contributed by atoms with Gasteiger partial charge < -0.3 is 15.1 Å². The topological polar surface area (TPSA) is 62.0 Å². The molecule has 170 valence electrons. The zero-order valence-corrected chi connectivity index (χ0v) is 19.6. The van der Waals surface area contributed by atoms with Gasteiger partial charge >= 0.3 is 0 Å². The van der Waals surface area contributed by atoms with E-state index in [0.717, 1.165) is 56.9 Å². The standard InChI is InChI=1S/C26H43NO3/c1-5-14-30-27-17-18(2)15-20-8-13-26(29)23-7-6-19-16-21(28)9-11-24(19,3)22(23)10-12-25(20,26)4/h15,17,19-23,28-29H,5-14,16H2,1-4H3/b18-15+,27-17+/t19-,20-,21+,22+,23-,24+,25-,26+/m1/s1. The molecular weight excluding hydrogens is 374 g/mol. The van der Waals surface area contributed by atoms with Crippen molar-refractivity contribution in [3.63, 3.8) is 0 Å². The van der Waals surface area contributed by atoms with Crippen molar-refractivity contribution in [2.75, 3.05) is 6.61 Å². The first-order valence-electron chi connectivity index (χ1n) is 12.5. The summed E-state index contributed by atoms with van der Waals surface area (Å²) in [6, 6.07) is 0. The zero-order valence-electron chi connectivity index (χ0n) is 19.6. The smallest absolute Gasteiger partial charge is 0.116 e. The molecule has 0 amide bonds. The molecule has 4 aliphatic rings. The number of hydrogen-bond donors (Lipinski definition) is 2. The van der Waals surface area contributed by atoms with Crippen LogP contribution >= 0.6 is 0 Å². The van der Waals surface area contributed by atoms with Gasteiger partial charge in [-0.2, -0.15) is 0 Å². The number of allylic oxidation sites excluding steroid dienone is 2. The lowest BCUT2D eigenvalue weighted by atomic mass is 9.43. The fourth-order valence-corrected chi connectivity index (χ4v) is 8.14. The van der Waals surface area contributed by atoms with Crippen molar-refractivity contribution in [1.82, 2.24) is 0 Å². The largest absolute Gasteiger partial charge is 0.396 e. The van der Waals surface area contributed by atoms with Crippen LogP contribution in [0.15, 0.2) is 16.8 Å². The van der Waals surface area contributed by atoms with Crippen LogP contribution in [0.25, 0.3) is 0 Å². The Kier molecular flexibility index (Phi) is 6.13. The molecule has 0 aromatic carbocycles. The van der Waals surface area contributed by atoms with E-state index in [9.17, 15) is 10.2 Å². The maximum atomic E-state index is 12.2. The Morgan fingerprint density at radius 3 is 2.63 bits per heavy atom. The molecule has 0 spiro atoms. The molecule has 0 aliphatic heterocycles. The molecule has 0 heterocycles. The normalized spacial score (nSPS) is 48.9. The van der Waals surface area contributed by atoms with Crippen LogP contribution in [-0.4, -0.2) is 34.7 Å². The molecule has 0 radical (unpaired) electrons. The Bertz CT molecular complexity index is 690. The highest BCUT2D eigenvalue weighted by atomic mass is 16.6. The summed E-state index contributed by atoms with van der Waals surface area (Å²) in [5, 5.41) is 26.5. The summed E-state index contributed by atoms with van der Waals surface area (Å²) >= 11 is 0. The van der Waals surface area contributed by atoms with E-state index in [2.05, 4.69) is 38.9 Å². The minimum absolute atomic E-state index is 0.0507. The minimum atomic E-state index is -0.558. The fourth-order valence-electron chi connectivity index (χ4n) is 8.14. The zero-order chi connectivity index (χ0) is 21.6. The number of hydrogen-bond acceptors (Lipinski definition) is 4. The van der Waals surface area contributed by atoms with Crippen molar-refractivity contribution >= 4 is 6.21 Å². The monoisotopic (exact) mass is 417 g/mol. The van der Waals surface area contributed by atoms with Gasteiger partial charge in [-0.3, -0.25) is 0 Å². The number of aliphatic hydroxyl groups is 2. The maximum absolute atomic E-state index is 12.2. The highest BCUT2D eigenvalue weighted by molar-refractivity contribution is 5.77. The highest BCUT2D eigenvalue weighted by Gasteiger charge is 2.66. The van der Waals surface area contributed by atoms with E-state index in [-0.39, 0.29) is 11.5 Å². The molecule has 2 N–H and O–H groups in total. The van der Waals surface area contributed by atoms with E-state index in [1.54, 1.807) is 0 Å². The predicted octanol–water partition coefficient (Wildman–Crippen LogP) is 5.48. The molecule has 4 saturated carbocycles. The average Bonchev–Trinajstić information content (AvgIpc) is 2.97. The van der Waals surface area contributed by atoms with Crippen molar-refractivity contribution in [3.8, 4) is 0 Å². The van der Waals surface area contributed by atoms with Crippen LogP contribution in [0.1, 0.15) is 91.9 Å². The molecule has 0 unspecified atom stereocenters. The number of aliphatic hydroxyl groups excluding tert-OH is 1. The first-order chi connectivity index (χ1) is 14.2. The number of rotatable bonds is 5. The van der Waals surface area contributed by atoms with E-state index >= 15 is 0 Å². The van der Waals surface area contributed by atoms with Crippen molar-refractivity contribution in [2.45, 2.75) is 104 Å². The van der Waals surface area contributed by atoms with Crippen LogP contribution in [0.4, 0.5) is 0 Å². The Labute approximate surface area is 183 Å². The average molecular weight is 418 g/mol. The van der Waals surface area contributed by atoms with Gasteiger partial charge in [0.25, 0.3) is 0 Å². The van der Waals surface area contributed by atoms with Gasteiger partial charge in [0.15, 0.2) is 0 Å². The number of nitrogens with zero attached hydrogens (tertiary/aromatic N) is 1. The van der Waals surface area contributed by atoms with Crippen molar-refractivity contribution in [3.05, 3.63) is 11.6 Å². The molecule has 4 rings (SSSR count). The van der Waals surface area contributed by atoms with Gasteiger partial charge in [-0.25, -0.2) is 0 Å². The lowest BCUT2D eigenvalue weighted by Crippen LogP contribution is -2.62. The molecule has 30 heavy (non-hydrogen) atoms. The van der Waals surface area contributed by atoms with Crippen LogP contribution < -0.4 is 0 Å². The van der Waals surface area contributed by atoms with E-state index in [1.165, 1.54) is 12.8 Å². The van der Waals surface area contributed by atoms with Gasteiger partial charge in [0.1, 0.15) is 6.61 Å². The van der Waals surface area contributed by atoms with Gasteiger partial charge in [-0.05, 0) is 106 Å². The summed E-state index contributed by atoms with van der Waals surface area (Å²) in [4.78, 5) is 5.27. The fraction of sp³-hybridized carbons (Fsp3) is 0.885. The SMILES string of the molecule is CCCO/N=C/C(C)=C/[C@H]1CC[C@]2(O)[C@@H]3CC[C@@H]4C[C@@H](O)CC[C@]4(C)[C@H]3CC[C@]12C. The van der Waals surface area contributed by atoms with E-state index < -0.39 is 5.60 Å². The molecule has 0 bridgehead atoms. The molecule has 4 nitrogen and oxygen atoms in total. The quantitative estimate of drug-likeness (QED) is 0.354. The summed E-state index contributed by atoms with van der Waals surface area (Å²) in [6.45, 7) is 9.68. The Balaban J connectivity index is 1.54. The van der Waals surface area contributed by atoms with Gasteiger partial charge in [-0.1, -0.05) is 32.0 Å². The van der Waals surface area contributed by atoms with E-state index in [4.69, 9.17) is 4.84 Å². The molecule has 0 aromatic heterocycles. The third-order valence-electron chi connectivity index (χ3n) is 9.99. The van der Waals surface area contributed by atoms with Crippen LogP contribution in [0, 0.1) is 34.5 Å². The molecule has 0 saturated heterocycles. The highest BCUT2D eigenvalue weighted by Crippen LogP contribution is 2.69. The third kappa shape index (κ3) is 3.46. The molecule has 4 heteroatoms. The van der Waals surface area contributed by atoms with Crippen LogP contribution in [-0.2, 0) is 4.84 Å². The minimum Gasteiger partial charge on any atom is -0.396 e. The number of oxime groups is 1. The van der Waals surface area contributed by atoms with Crippen LogP contribution in [0.3, 0.4) is 0 Å².